The molecule has 0 saturated heterocycles. The Hall–Kier alpha value is -0.670. The smallest absolute Gasteiger partial charge is 0.0681 e. The quantitative estimate of drug-likeness (QED) is 0.854. The first kappa shape index (κ1) is 12.4. The highest BCUT2D eigenvalue weighted by molar-refractivity contribution is 7.85. The summed E-state index contributed by atoms with van der Waals surface area (Å²) in [5.74, 6) is 0.472. The largest absolute Gasteiger partial charge is 0.392 e. The highest BCUT2D eigenvalue weighted by Crippen LogP contribution is 2.11. The normalized spacial score (nSPS) is 15.3. The molecule has 0 aromatic heterocycles. The van der Waals surface area contributed by atoms with E-state index >= 15 is 0 Å². The Bertz CT molecular complexity index is 330. The van der Waals surface area contributed by atoms with Crippen LogP contribution in [0.25, 0.3) is 0 Å². The fourth-order valence-electron chi connectivity index (χ4n) is 1.13. The molecule has 0 spiro atoms. The van der Waals surface area contributed by atoms with Crippen molar-refractivity contribution in [2.45, 2.75) is 31.8 Å². The second-order valence-electron chi connectivity index (χ2n) is 4.14. The van der Waals surface area contributed by atoms with E-state index in [1.165, 1.54) is 0 Å². The van der Waals surface area contributed by atoms with Gasteiger partial charge in [0.1, 0.15) is 0 Å². The van der Waals surface area contributed by atoms with E-state index in [2.05, 4.69) is 0 Å². The van der Waals surface area contributed by atoms with Crippen LogP contribution in [0, 0.1) is 12.8 Å². The third-order valence-electron chi connectivity index (χ3n) is 2.38. The van der Waals surface area contributed by atoms with E-state index < -0.39 is 16.9 Å². The number of benzene rings is 1. The van der Waals surface area contributed by atoms with E-state index in [1.807, 2.05) is 45.0 Å². The second kappa shape index (κ2) is 5.42. The van der Waals surface area contributed by atoms with Gasteiger partial charge in [-0.05, 0) is 25.0 Å². The van der Waals surface area contributed by atoms with Gasteiger partial charge in [-0.15, -0.1) is 0 Å². The van der Waals surface area contributed by atoms with Gasteiger partial charge in [0.2, 0.25) is 0 Å². The van der Waals surface area contributed by atoms with E-state index in [4.69, 9.17) is 0 Å². The molecule has 15 heavy (non-hydrogen) atoms. The maximum atomic E-state index is 11.8. The van der Waals surface area contributed by atoms with Crippen molar-refractivity contribution in [3.63, 3.8) is 0 Å². The highest BCUT2D eigenvalue weighted by Gasteiger charge is 2.14. The molecule has 0 radical (unpaired) electrons. The van der Waals surface area contributed by atoms with Crippen LogP contribution in [0.4, 0.5) is 0 Å². The molecule has 2 nitrogen and oxygen atoms in total. The van der Waals surface area contributed by atoms with Crippen molar-refractivity contribution in [3.8, 4) is 0 Å². The standard InChI is InChI=1S/C12H18O2S/c1-9(2)12(13)8-15(14)11-6-4-10(3)5-7-11/h4-7,9,12-13H,8H2,1-3H3/t12-,15?/m1/s1. The van der Waals surface area contributed by atoms with Crippen molar-refractivity contribution < 1.29 is 9.32 Å². The molecule has 2 atom stereocenters. The second-order valence-corrected chi connectivity index (χ2v) is 5.63. The monoisotopic (exact) mass is 226 g/mol. The molecule has 0 aliphatic rings. The van der Waals surface area contributed by atoms with Gasteiger partial charge in [-0.3, -0.25) is 4.21 Å². The number of hydrogen-bond acceptors (Lipinski definition) is 2. The van der Waals surface area contributed by atoms with E-state index in [0.717, 1.165) is 10.5 Å². The van der Waals surface area contributed by atoms with Crippen LogP contribution in [-0.4, -0.2) is 21.2 Å². The third-order valence-corrected chi connectivity index (χ3v) is 3.82. The van der Waals surface area contributed by atoms with Gasteiger partial charge >= 0.3 is 0 Å². The van der Waals surface area contributed by atoms with Crippen LogP contribution in [0.15, 0.2) is 29.2 Å². The fourth-order valence-corrected chi connectivity index (χ4v) is 2.46. The lowest BCUT2D eigenvalue weighted by atomic mass is 10.1. The summed E-state index contributed by atoms with van der Waals surface area (Å²) in [6.45, 7) is 5.85. The van der Waals surface area contributed by atoms with Gasteiger partial charge in [-0.25, -0.2) is 0 Å². The molecule has 0 bridgehead atoms. The lowest BCUT2D eigenvalue weighted by Crippen LogP contribution is -2.22. The number of rotatable bonds is 4. The Morgan fingerprint density at radius 2 is 1.80 bits per heavy atom. The minimum Gasteiger partial charge on any atom is -0.392 e. The van der Waals surface area contributed by atoms with Crippen molar-refractivity contribution >= 4 is 10.8 Å². The molecular weight excluding hydrogens is 208 g/mol. The maximum absolute atomic E-state index is 11.8. The molecule has 84 valence electrons. The first-order valence-corrected chi connectivity index (χ1v) is 6.45. The SMILES string of the molecule is Cc1ccc(S(=O)C[C@@H](O)C(C)C)cc1. The Labute approximate surface area is 93.8 Å². The summed E-state index contributed by atoms with van der Waals surface area (Å²) in [6.07, 6.45) is -0.493. The maximum Gasteiger partial charge on any atom is 0.0681 e. The van der Waals surface area contributed by atoms with Gasteiger partial charge in [0, 0.05) is 4.90 Å². The zero-order valence-electron chi connectivity index (χ0n) is 9.43. The molecule has 1 aromatic rings. The highest BCUT2D eigenvalue weighted by atomic mass is 32.2. The van der Waals surface area contributed by atoms with Crippen LogP contribution in [0.5, 0.6) is 0 Å². The molecule has 1 aromatic carbocycles. The summed E-state index contributed by atoms with van der Waals surface area (Å²) in [6, 6.07) is 7.60. The summed E-state index contributed by atoms with van der Waals surface area (Å²) >= 11 is 0. The van der Waals surface area contributed by atoms with E-state index in [0.29, 0.717) is 5.75 Å². The summed E-state index contributed by atoms with van der Waals surface area (Å²) < 4.78 is 11.8. The van der Waals surface area contributed by atoms with Crippen LogP contribution in [0.1, 0.15) is 19.4 Å². The lowest BCUT2D eigenvalue weighted by Gasteiger charge is -2.13. The molecule has 3 heteroatoms. The molecule has 1 unspecified atom stereocenters. The first-order chi connectivity index (χ1) is 7.00. The molecule has 0 aliphatic heterocycles. The molecule has 0 aliphatic carbocycles. The van der Waals surface area contributed by atoms with Gasteiger partial charge in [-0.1, -0.05) is 31.5 Å². The Kier molecular flexibility index (Phi) is 4.48. The van der Waals surface area contributed by atoms with Gasteiger partial charge in [0.25, 0.3) is 0 Å². The van der Waals surface area contributed by atoms with Crippen molar-refractivity contribution in [1.82, 2.24) is 0 Å². The molecule has 0 amide bonds. The molecule has 0 fully saturated rings. The minimum absolute atomic E-state index is 0.152. The van der Waals surface area contributed by atoms with Crippen LogP contribution in [0.3, 0.4) is 0 Å². The van der Waals surface area contributed by atoms with Crippen LogP contribution in [-0.2, 0) is 10.8 Å². The average Bonchev–Trinajstić information content (AvgIpc) is 2.18. The first-order valence-electron chi connectivity index (χ1n) is 5.14. The van der Waals surface area contributed by atoms with Crippen molar-refractivity contribution in [3.05, 3.63) is 29.8 Å². The number of aliphatic hydroxyl groups is 1. The van der Waals surface area contributed by atoms with E-state index in [-0.39, 0.29) is 5.92 Å². The van der Waals surface area contributed by atoms with Gasteiger partial charge in [0.05, 0.1) is 22.7 Å². The van der Waals surface area contributed by atoms with Crippen molar-refractivity contribution in [1.29, 1.82) is 0 Å². The molecule has 0 saturated carbocycles. The zero-order chi connectivity index (χ0) is 11.4. The van der Waals surface area contributed by atoms with Gasteiger partial charge in [0.15, 0.2) is 0 Å². The third kappa shape index (κ3) is 3.76. The lowest BCUT2D eigenvalue weighted by molar-refractivity contribution is 0.148. The van der Waals surface area contributed by atoms with E-state index in [1.54, 1.807) is 0 Å². The topological polar surface area (TPSA) is 37.3 Å². The summed E-state index contributed by atoms with van der Waals surface area (Å²) in [5.41, 5.74) is 1.15. The van der Waals surface area contributed by atoms with E-state index in [9.17, 15) is 9.32 Å². The summed E-state index contributed by atoms with van der Waals surface area (Å²) in [4.78, 5) is 0.792. The fraction of sp³-hybridized carbons (Fsp3) is 0.500. The molecule has 1 rings (SSSR count). The Morgan fingerprint density at radius 3 is 2.27 bits per heavy atom. The Balaban J connectivity index is 2.65. The number of hydrogen-bond donors (Lipinski definition) is 1. The van der Waals surface area contributed by atoms with Crippen molar-refractivity contribution in [2.75, 3.05) is 5.75 Å². The van der Waals surface area contributed by atoms with Gasteiger partial charge < -0.3 is 5.11 Å². The summed E-state index contributed by atoms with van der Waals surface area (Å²) in [5, 5.41) is 9.62. The predicted octanol–water partition coefficient (Wildman–Crippen LogP) is 2.12. The zero-order valence-corrected chi connectivity index (χ0v) is 10.3. The van der Waals surface area contributed by atoms with Crippen LogP contribution >= 0.6 is 0 Å². The number of aliphatic hydroxyl groups excluding tert-OH is 1. The summed E-state index contributed by atoms with van der Waals surface area (Å²) in [7, 11) is -1.09. The van der Waals surface area contributed by atoms with Crippen molar-refractivity contribution in [2.24, 2.45) is 5.92 Å². The number of aryl methyl sites for hydroxylation is 1. The molecule has 0 heterocycles. The minimum atomic E-state index is -1.09. The Morgan fingerprint density at radius 1 is 1.27 bits per heavy atom. The molecule has 1 N–H and O–H groups in total. The van der Waals surface area contributed by atoms with Crippen LogP contribution < -0.4 is 0 Å². The predicted molar refractivity (Wildman–Crippen MR) is 63.3 cm³/mol. The molecular formula is C12H18O2S. The van der Waals surface area contributed by atoms with Gasteiger partial charge in [-0.2, -0.15) is 0 Å². The average molecular weight is 226 g/mol. The van der Waals surface area contributed by atoms with Crippen LogP contribution in [0.2, 0.25) is 0 Å².